The smallest absolute Gasteiger partial charge is 0.341 e. The van der Waals surface area contributed by atoms with Gasteiger partial charge in [0, 0.05) is 10.9 Å². The number of carbonyl (C=O) groups excluding carboxylic acids is 2. The summed E-state index contributed by atoms with van der Waals surface area (Å²) < 4.78 is 5.07. The molecular weight excluding hydrogens is 288 g/mol. The Morgan fingerprint density at radius 1 is 1.43 bits per heavy atom. The Labute approximate surface area is 128 Å². The van der Waals surface area contributed by atoms with Crippen LogP contribution in [0.2, 0.25) is 0 Å². The molecule has 0 saturated carbocycles. The molecule has 1 heterocycles. The third-order valence-corrected chi connectivity index (χ3v) is 4.68. The lowest BCUT2D eigenvalue weighted by molar-refractivity contribution is -0.118. The van der Waals surface area contributed by atoms with Crippen molar-refractivity contribution in [3.8, 4) is 0 Å². The molecule has 1 aromatic heterocycles. The molecule has 21 heavy (non-hydrogen) atoms. The van der Waals surface area contributed by atoms with Crippen LogP contribution in [0.4, 0.5) is 5.00 Å². The maximum atomic E-state index is 12.3. The minimum Gasteiger partial charge on any atom is -0.462 e. The summed E-state index contributed by atoms with van der Waals surface area (Å²) in [6, 6.07) is -0.0721. The summed E-state index contributed by atoms with van der Waals surface area (Å²) in [6.07, 6.45) is 4.25. The van der Waals surface area contributed by atoms with Gasteiger partial charge in [-0.15, -0.1) is 11.3 Å². The quantitative estimate of drug-likeness (QED) is 0.661. The standard InChI is InChI=1S/C15H20N2O3S/c1-4-20-15(19)12-8(2)9(3)21-14(12)17-13(18)10-5-6-11(16)7-10/h5-6,10-11H,4,7,16H2,1-3H3,(H,17,18). The van der Waals surface area contributed by atoms with Gasteiger partial charge in [-0.05, 0) is 32.8 Å². The normalized spacial score (nSPS) is 20.6. The first-order chi connectivity index (χ1) is 9.93. The summed E-state index contributed by atoms with van der Waals surface area (Å²) in [5.41, 5.74) is 7.08. The zero-order chi connectivity index (χ0) is 15.6. The fourth-order valence-electron chi connectivity index (χ4n) is 2.29. The van der Waals surface area contributed by atoms with Crippen LogP contribution in [-0.4, -0.2) is 24.5 Å². The number of nitrogens with two attached hydrogens (primary N) is 1. The van der Waals surface area contributed by atoms with E-state index in [1.54, 1.807) is 6.92 Å². The fraction of sp³-hybridized carbons (Fsp3) is 0.467. The van der Waals surface area contributed by atoms with E-state index in [1.807, 2.05) is 26.0 Å². The Balaban J connectivity index is 2.20. The van der Waals surface area contributed by atoms with E-state index in [-0.39, 0.29) is 17.9 Å². The molecule has 6 heteroatoms. The van der Waals surface area contributed by atoms with E-state index in [0.29, 0.717) is 23.6 Å². The van der Waals surface area contributed by atoms with Crippen molar-refractivity contribution in [2.24, 2.45) is 11.7 Å². The van der Waals surface area contributed by atoms with E-state index in [1.165, 1.54) is 11.3 Å². The number of thiophene rings is 1. The first kappa shape index (κ1) is 15.7. The number of ether oxygens (including phenoxy) is 1. The lowest BCUT2D eigenvalue weighted by Gasteiger charge is -2.11. The molecule has 0 aromatic carbocycles. The summed E-state index contributed by atoms with van der Waals surface area (Å²) >= 11 is 1.39. The number of rotatable bonds is 4. The molecule has 0 radical (unpaired) electrons. The van der Waals surface area contributed by atoms with Gasteiger partial charge in [0.15, 0.2) is 0 Å². The Kier molecular flexibility index (Phi) is 4.80. The van der Waals surface area contributed by atoms with Crippen molar-refractivity contribution in [2.45, 2.75) is 33.2 Å². The summed E-state index contributed by atoms with van der Waals surface area (Å²) in [5, 5.41) is 3.40. The van der Waals surface area contributed by atoms with E-state index < -0.39 is 5.97 Å². The first-order valence-electron chi connectivity index (χ1n) is 6.95. The van der Waals surface area contributed by atoms with Crippen LogP contribution in [0, 0.1) is 19.8 Å². The zero-order valence-electron chi connectivity index (χ0n) is 12.4. The molecule has 2 rings (SSSR count). The SMILES string of the molecule is CCOC(=O)c1c(NC(=O)C2C=CC(N)C2)sc(C)c1C. The molecule has 0 spiro atoms. The van der Waals surface area contributed by atoms with Crippen molar-refractivity contribution in [3.63, 3.8) is 0 Å². The summed E-state index contributed by atoms with van der Waals surface area (Å²) in [4.78, 5) is 25.3. The van der Waals surface area contributed by atoms with Crippen LogP contribution in [-0.2, 0) is 9.53 Å². The number of hydrogen-bond donors (Lipinski definition) is 2. The van der Waals surface area contributed by atoms with Crippen molar-refractivity contribution in [3.05, 3.63) is 28.2 Å². The number of carbonyl (C=O) groups is 2. The van der Waals surface area contributed by atoms with E-state index in [4.69, 9.17) is 10.5 Å². The van der Waals surface area contributed by atoms with Crippen LogP contribution in [0.1, 0.15) is 34.1 Å². The van der Waals surface area contributed by atoms with Crippen molar-refractivity contribution >= 4 is 28.2 Å². The maximum absolute atomic E-state index is 12.3. The van der Waals surface area contributed by atoms with Gasteiger partial charge >= 0.3 is 5.97 Å². The van der Waals surface area contributed by atoms with Gasteiger partial charge in [-0.1, -0.05) is 12.2 Å². The molecule has 0 aliphatic heterocycles. The maximum Gasteiger partial charge on any atom is 0.341 e. The van der Waals surface area contributed by atoms with Gasteiger partial charge in [0.2, 0.25) is 5.91 Å². The van der Waals surface area contributed by atoms with Crippen molar-refractivity contribution in [1.29, 1.82) is 0 Å². The number of anilines is 1. The van der Waals surface area contributed by atoms with Gasteiger partial charge in [-0.3, -0.25) is 4.79 Å². The third kappa shape index (κ3) is 3.33. The molecular formula is C15H20N2O3S. The van der Waals surface area contributed by atoms with Gasteiger partial charge < -0.3 is 15.8 Å². The van der Waals surface area contributed by atoms with Crippen LogP contribution in [0.3, 0.4) is 0 Å². The molecule has 114 valence electrons. The molecule has 3 N–H and O–H groups in total. The second-order valence-corrected chi connectivity index (χ2v) is 6.31. The topological polar surface area (TPSA) is 81.4 Å². The highest BCUT2D eigenvalue weighted by molar-refractivity contribution is 7.16. The van der Waals surface area contributed by atoms with E-state index in [2.05, 4.69) is 5.32 Å². The lowest BCUT2D eigenvalue weighted by Crippen LogP contribution is -2.24. The summed E-state index contributed by atoms with van der Waals surface area (Å²) in [5.74, 6) is -0.767. The molecule has 2 atom stereocenters. The Bertz CT molecular complexity index is 592. The minimum absolute atomic E-state index is 0.0721. The van der Waals surface area contributed by atoms with Crippen LogP contribution in [0.25, 0.3) is 0 Å². The molecule has 1 aromatic rings. The molecule has 0 bridgehead atoms. The number of nitrogens with one attached hydrogen (secondary N) is 1. The number of hydrogen-bond acceptors (Lipinski definition) is 5. The van der Waals surface area contributed by atoms with Gasteiger partial charge in [0.1, 0.15) is 5.00 Å². The van der Waals surface area contributed by atoms with E-state index >= 15 is 0 Å². The van der Waals surface area contributed by atoms with Crippen LogP contribution in [0.15, 0.2) is 12.2 Å². The average molecular weight is 308 g/mol. The van der Waals surface area contributed by atoms with E-state index in [9.17, 15) is 9.59 Å². The highest BCUT2D eigenvalue weighted by atomic mass is 32.1. The number of esters is 1. The zero-order valence-corrected chi connectivity index (χ0v) is 13.3. The lowest BCUT2D eigenvalue weighted by atomic mass is 10.1. The number of amides is 1. The van der Waals surface area contributed by atoms with E-state index in [0.717, 1.165) is 10.4 Å². The third-order valence-electron chi connectivity index (χ3n) is 3.56. The predicted molar refractivity (Wildman–Crippen MR) is 83.6 cm³/mol. The Morgan fingerprint density at radius 3 is 2.71 bits per heavy atom. The van der Waals surface area contributed by atoms with Crippen molar-refractivity contribution in [1.82, 2.24) is 0 Å². The Hall–Kier alpha value is -1.66. The fourth-order valence-corrected chi connectivity index (χ4v) is 3.34. The van der Waals surface area contributed by atoms with Crippen LogP contribution < -0.4 is 11.1 Å². The molecule has 0 saturated heterocycles. The predicted octanol–water partition coefficient (Wildman–Crippen LogP) is 2.38. The van der Waals surface area contributed by atoms with Crippen LogP contribution >= 0.6 is 11.3 Å². The Morgan fingerprint density at radius 2 is 2.14 bits per heavy atom. The second kappa shape index (κ2) is 6.41. The molecule has 0 fully saturated rings. The number of aryl methyl sites for hydroxylation is 1. The molecule has 2 unspecified atom stereocenters. The molecule has 1 amide bonds. The second-order valence-electron chi connectivity index (χ2n) is 5.09. The highest BCUT2D eigenvalue weighted by Crippen LogP contribution is 2.33. The van der Waals surface area contributed by atoms with Gasteiger partial charge in [0.05, 0.1) is 18.1 Å². The van der Waals surface area contributed by atoms with Gasteiger partial charge in [-0.2, -0.15) is 0 Å². The minimum atomic E-state index is -0.395. The van der Waals surface area contributed by atoms with Gasteiger partial charge in [-0.25, -0.2) is 4.79 Å². The van der Waals surface area contributed by atoms with Crippen LogP contribution in [0.5, 0.6) is 0 Å². The van der Waals surface area contributed by atoms with Crippen molar-refractivity contribution in [2.75, 3.05) is 11.9 Å². The van der Waals surface area contributed by atoms with Gasteiger partial charge in [0.25, 0.3) is 0 Å². The molecule has 1 aliphatic rings. The summed E-state index contributed by atoms with van der Waals surface area (Å²) in [6.45, 7) is 5.85. The van der Waals surface area contributed by atoms with Crippen molar-refractivity contribution < 1.29 is 14.3 Å². The largest absolute Gasteiger partial charge is 0.462 e. The average Bonchev–Trinajstić information content (AvgIpc) is 2.95. The highest BCUT2D eigenvalue weighted by Gasteiger charge is 2.26. The first-order valence-corrected chi connectivity index (χ1v) is 7.77. The monoisotopic (exact) mass is 308 g/mol. The molecule has 5 nitrogen and oxygen atoms in total. The summed E-state index contributed by atoms with van der Waals surface area (Å²) in [7, 11) is 0. The molecule has 1 aliphatic carbocycles.